The Kier molecular flexibility index (Phi) is 5.81. The summed E-state index contributed by atoms with van der Waals surface area (Å²) in [6, 6.07) is 3.62. The SMILES string of the molecule is O=C(CCc1ccco1)Nc1ncn(CC(=O)N2CCCCCC2)n1. The van der Waals surface area contributed by atoms with Crippen LogP contribution in [0.4, 0.5) is 5.95 Å². The van der Waals surface area contributed by atoms with Gasteiger partial charge in [-0.2, -0.15) is 0 Å². The lowest BCUT2D eigenvalue weighted by molar-refractivity contribution is -0.132. The average molecular weight is 345 g/mol. The summed E-state index contributed by atoms with van der Waals surface area (Å²) < 4.78 is 6.66. The number of anilines is 1. The summed E-state index contributed by atoms with van der Waals surface area (Å²) in [4.78, 5) is 30.2. The fraction of sp³-hybridized carbons (Fsp3) is 0.529. The van der Waals surface area contributed by atoms with Crippen molar-refractivity contribution < 1.29 is 14.0 Å². The Morgan fingerprint density at radius 2 is 2.00 bits per heavy atom. The molecule has 3 rings (SSSR count). The minimum absolute atomic E-state index is 0.0440. The van der Waals surface area contributed by atoms with Gasteiger partial charge in [-0.15, -0.1) is 5.10 Å². The molecule has 1 N–H and O–H groups in total. The Morgan fingerprint density at radius 3 is 2.72 bits per heavy atom. The molecule has 1 aliphatic rings. The number of amides is 2. The molecule has 1 saturated heterocycles. The Balaban J connectivity index is 1.46. The van der Waals surface area contributed by atoms with Gasteiger partial charge >= 0.3 is 0 Å². The van der Waals surface area contributed by atoms with Crippen molar-refractivity contribution in [1.82, 2.24) is 19.7 Å². The van der Waals surface area contributed by atoms with Gasteiger partial charge in [-0.3, -0.25) is 14.9 Å². The first-order valence-corrected chi connectivity index (χ1v) is 8.70. The number of aromatic nitrogens is 3. The highest BCUT2D eigenvalue weighted by atomic mass is 16.3. The zero-order valence-corrected chi connectivity index (χ0v) is 14.2. The number of likely N-dealkylation sites (tertiary alicyclic amines) is 1. The predicted octanol–water partition coefficient (Wildman–Crippen LogP) is 1.84. The van der Waals surface area contributed by atoms with Crippen molar-refractivity contribution >= 4 is 17.8 Å². The minimum atomic E-state index is -0.187. The highest BCUT2D eigenvalue weighted by Crippen LogP contribution is 2.10. The fourth-order valence-corrected chi connectivity index (χ4v) is 2.87. The van der Waals surface area contributed by atoms with Gasteiger partial charge in [0, 0.05) is 25.9 Å². The third kappa shape index (κ3) is 5.17. The first kappa shape index (κ1) is 17.2. The van der Waals surface area contributed by atoms with E-state index in [2.05, 4.69) is 15.4 Å². The van der Waals surface area contributed by atoms with E-state index in [1.165, 1.54) is 23.9 Å². The summed E-state index contributed by atoms with van der Waals surface area (Å²) >= 11 is 0. The zero-order chi connectivity index (χ0) is 17.5. The van der Waals surface area contributed by atoms with Crippen LogP contribution in [0, 0.1) is 0 Å². The van der Waals surface area contributed by atoms with Crippen LogP contribution in [0.1, 0.15) is 37.9 Å². The van der Waals surface area contributed by atoms with Crippen LogP contribution in [0.2, 0.25) is 0 Å². The maximum atomic E-state index is 12.3. The first-order chi connectivity index (χ1) is 12.2. The summed E-state index contributed by atoms with van der Waals surface area (Å²) in [5, 5.41) is 6.80. The summed E-state index contributed by atoms with van der Waals surface area (Å²) in [5.74, 6) is 0.834. The topological polar surface area (TPSA) is 93.3 Å². The number of rotatable bonds is 6. The monoisotopic (exact) mass is 345 g/mol. The molecule has 2 aromatic rings. The van der Waals surface area contributed by atoms with Crippen molar-refractivity contribution in [2.75, 3.05) is 18.4 Å². The van der Waals surface area contributed by atoms with E-state index >= 15 is 0 Å². The lowest BCUT2D eigenvalue weighted by Crippen LogP contribution is -2.34. The first-order valence-electron chi connectivity index (χ1n) is 8.70. The van der Waals surface area contributed by atoms with E-state index in [0.29, 0.717) is 6.42 Å². The van der Waals surface area contributed by atoms with Crippen LogP contribution in [0.15, 0.2) is 29.1 Å². The molecule has 0 radical (unpaired) electrons. The van der Waals surface area contributed by atoms with E-state index in [1.54, 1.807) is 12.3 Å². The van der Waals surface area contributed by atoms with Gasteiger partial charge in [0.15, 0.2) is 0 Å². The number of carbonyl (C=O) groups excluding carboxylic acids is 2. The van der Waals surface area contributed by atoms with Crippen molar-refractivity contribution in [3.05, 3.63) is 30.5 Å². The van der Waals surface area contributed by atoms with Crippen molar-refractivity contribution in [3.8, 4) is 0 Å². The second-order valence-electron chi connectivity index (χ2n) is 6.19. The normalized spacial score (nSPS) is 15.0. The summed E-state index contributed by atoms with van der Waals surface area (Å²) in [6.45, 7) is 1.77. The lowest BCUT2D eigenvalue weighted by Gasteiger charge is -2.19. The van der Waals surface area contributed by atoms with Crippen LogP contribution in [0.3, 0.4) is 0 Å². The number of hydrogen-bond acceptors (Lipinski definition) is 5. The van der Waals surface area contributed by atoms with Gasteiger partial charge in [0.2, 0.25) is 17.8 Å². The summed E-state index contributed by atoms with van der Waals surface area (Å²) in [6.07, 6.45) is 8.33. The van der Waals surface area contributed by atoms with Crippen molar-refractivity contribution in [2.24, 2.45) is 0 Å². The highest BCUT2D eigenvalue weighted by Gasteiger charge is 2.17. The molecular formula is C17H23N5O3. The maximum absolute atomic E-state index is 12.3. The van der Waals surface area contributed by atoms with Gasteiger partial charge in [-0.05, 0) is 25.0 Å². The van der Waals surface area contributed by atoms with Gasteiger partial charge in [0.1, 0.15) is 18.6 Å². The van der Waals surface area contributed by atoms with Gasteiger partial charge in [-0.25, -0.2) is 9.67 Å². The van der Waals surface area contributed by atoms with Gasteiger partial charge < -0.3 is 9.32 Å². The molecule has 8 heteroatoms. The van der Waals surface area contributed by atoms with E-state index in [4.69, 9.17) is 4.42 Å². The van der Waals surface area contributed by atoms with Crippen LogP contribution in [-0.4, -0.2) is 44.6 Å². The quantitative estimate of drug-likeness (QED) is 0.862. The molecule has 1 aliphatic heterocycles. The van der Waals surface area contributed by atoms with Crippen molar-refractivity contribution in [1.29, 1.82) is 0 Å². The zero-order valence-electron chi connectivity index (χ0n) is 14.2. The summed E-state index contributed by atoms with van der Waals surface area (Å²) in [7, 11) is 0. The van der Waals surface area contributed by atoms with Gasteiger partial charge in [0.05, 0.1) is 6.26 Å². The molecule has 2 amide bonds. The molecule has 25 heavy (non-hydrogen) atoms. The third-order valence-electron chi connectivity index (χ3n) is 4.22. The van der Waals surface area contributed by atoms with E-state index in [-0.39, 0.29) is 30.7 Å². The van der Waals surface area contributed by atoms with Crippen molar-refractivity contribution in [2.45, 2.75) is 45.1 Å². The van der Waals surface area contributed by atoms with Crippen LogP contribution in [0.5, 0.6) is 0 Å². The highest BCUT2D eigenvalue weighted by molar-refractivity contribution is 5.88. The number of carbonyl (C=O) groups is 2. The van der Waals surface area contributed by atoms with Gasteiger partial charge in [0.25, 0.3) is 0 Å². The van der Waals surface area contributed by atoms with Crippen LogP contribution in [0.25, 0.3) is 0 Å². The van der Waals surface area contributed by atoms with Gasteiger partial charge in [-0.1, -0.05) is 12.8 Å². The largest absolute Gasteiger partial charge is 0.469 e. The smallest absolute Gasteiger partial charge is 0.248 e. The van der Waals surface area contributed by atoms with Crippen LogP contribution < -0.4 is 5.32 Å². The number of aryl methyl sites for hydroxylation is 1. The molecule has 0 aromatic carbocycles. The van der Waals surface area contributed by atoms with E-state index in [1.807, 2.05) is 11.0 Å². The predicted molar refractivity (Wildman–Crippen MR) is 90.7 cm³/mol. The third-order valence-corrected chi connectivity index (χ3v) is 4.22. The molecule has 0 spiro atoms. The standard InChI is InChI=1S/C17H23N5O3/c23-15(8-7-14-6-5-11-25-14)19-17-18-13-22(20-17)12-16(24)21-9-3-1-2-4-10-21/h5-6,11,13H,1-4,7-10,12H2,(H,19,20,23). The maximum Gasteiger partial charge on any atom is 0.248 e. The van der Waals surface area contributed by atoms with Crippen LogP contribution in [-0.2, 0) is 22.6 Å². The number of nitrogens with one attached hydrogen (secondary N) is 1. The lowest BCUT2D eigenvalue weighted by atomic mass is 10.2. The van der Waals surface area contributed by atoms with E-state index in [9.17, 15) is 9.59 Å². The molecule has 0 saturated carbocycles. The Morgan fingerprint density at radius 1 is 1.20 bits per heavy atom. The number of furan rings is 1. The Hall–Kier alpha value is -2.64. The second-order valence-corrected chi connectivity index (χ2v) is 6.19. The average Bonchev–Trinajstić information content (AvgIpc) is 3.18. The van der Waals surface area contributed by atoms with Crippen LogP contribution >= 0.6 is 0 Å². The second kappa shape index (κ2) is 8.46. The molecular weight excluding hydrogens is 322 g/mol. The number of nitrogens with zero attached hydrogens (tertiary/aromatic N) is 4. The van der Waals surface area contributed by atoms with E-state index < -0.39 is 0 Å². The molecule has 2 aromatic heterocycles. The molecule has 8 nitrogen and oxygen atoms in total. The molecule has 1 fully saturated rings. The molecule has 0 aliphatic carbocycles. The molecule has 0 unspecified atom stereocenters. The minimum Gasteiger partial charge on any atom is -0.469 e. The molecule has 0 atom stereocenters. The Labute approximate surface area is 146 Å². The van der Waals surface area contributed by atoms with Crippen molar-refractivity contribution in [3.63, 3.8) is 0 Å². The Bertz CT molecular complexity index is 687. The molecule has 0 bridgehead atoms. The molecule has 134 valence electrons. The fourth-order valence-electron chi connectivity index (χ4n) is 2.87. The molecule has 3 heterocycles. The summed E-state index contributed by atoms with van der Waals surface area (Å²) in [5.41, 5.74) is 0. The van der Waals surface area contributed by atoms with E-state index in [0.717, 1.165) is 31.7 Å². The number of hydrogen-bond donors (Lipinski definition) is 1.